The molecule has 1 spiro atoms. The van der Waals surface area contributed by atoms with Gasteiger partial charge in [0.15, 0.2) is 9.84 Å². The van der Waals surface area contributed by atoms with E-state index in [2.05, 4.69) is 5.32 Å². The van der Waals surface area contributed by atoms with E-state index in [0.717, 1.165) is 11.3 Å². The molecule has 35 heavy (non-hydrogen) atoms. The number of nitrogens with zero attached hydrogens (tertiary/aromatic N) is 1. The molecule has 3 aliphatic rings. The molecule has 0 aromatic heterocycles. The van der Waals surface area contributed by atoms with Crippen molar-refractivity contribution >= 4 is 21.4 Å². The van der Waals surface area contributed by atoms with Gasteiger partial charge < -0.3 is 20.1 Å². The Morgan fingerprint density at radius 1 is 1.23 bits per heavy atom. The van der Waals surface area contributed by atoms with Crippen molar-refractivity contribution in [3.8, 4) is 5.75 Å². The van der Waals surface area contributed by atoms with Gasteiger partial charge in [0.05, 0.1) is 31.1 Å². The SMILES string of the molecule is COc1ccc2c(c1)NC1C(CO)N(C(C)=O)CC3(CCC(S(=O)(=O)c4ccccc4F)CC3)C21. The van der Waals surface area contributed by atoms with Crippen LogP contribution in [0.2, 0.25) is 0 Å². The van der Waals surface area contributed by atoms with Crippen molar-refractivity contribution in [3.63, 3.8) is 0 Å². The van der Waals surface area contributed by atoms with Crippen molar-refractivity contribution in [2.75, 3.05) is 25.6 Å². The van der Waals surface area contributed by atoms with E-state index in [1.807, 2.05) is 18.2 Å². The quantitative estimate of drug-likeness (QED) is 0.666. The number of fused-ring (bicyclic) bond motifs is 4. The topological polar surface area (TPSA) is 95.9 Å². The molecule has 1 aliphatic carbocycles. The lowest BCUT2D eigenvalue weighted by Crippen LogP contribution is -2.63. The number of rotatable bonds is 4. The van der Waals surface area contributed by atoms with Crippen LogP contribution in [0.5, 0.6) is 5.75 Å². The molecule has 3 atom stereocenters. The fraction of sp³-hybridized carbons (Fsp3) is 0.500. The largest absolute Gasteiger partial charge is 0.497 e. The third-order valence-corrected chi connectivity index (χ3v) is 10.6. The number of likely N-dealkylation sites (tertiary alicyclic amines) is 1. The number of aliphatic hydroxyl groups excluding tert-OH is 1. The number of hydrogen-bond acceptors (Lipinski definition) is 6. The van der Waals surface area contributed by atoms with Crippen molar-refractivity contribution in [3.05, 3.63) is 53.8 Å². The van der Waals surface area contributed by atoms with Gasteiger partial charge in [-0.1, -0.05) is 18.2 Å². The highest BCUT2D eigenvalue weighted by Crippen LogP contribution is 2.58. The highest BCUT2D eigenvalue weighted by Gasteiger charge is 2.57. The van der Waals surface area contributed by atoms with E-state index in [1.54, 1.807) is 18.1 Å². The molecule has 1 saturated heterocycles. The highest BCUT2D eigenvalue weighted by atomic mass is 32.2. The number of benzene rings is 2. The minimum atomic E-state index is -3.81. The third kappa shape index (κ3) is 3.80. The summed E-state index contributed by atoms with van der Waals surface area (Å²) in [6.07, 6.45) is 1.95. The Balaban J connectivity index is 1.50. The number of carbonyl (C=O) groups is 1. The number of ether oxygens (including phenoxy) is 1. The monoisotopic (exact) mass is 502 g/mol. The van der Waals surface area contributed by atoms with Gasteiger partial charge >= 0.3 is 0 Å². The number of aliphatic hydroxyl groups is 1. The molecule has 2 aromatic carbocycles. The number of nitrogens with one attached hydrogen (secondary N) is 1. The number of anilines is 1. The van der Waals surface area contributed by atoms with Gasteiger partial charge in [0.2, 0.25) is 5.91 Å². The minimum Gasteiger partial charge on any atom is -0.497 e. The predicted molar refractivity (Wildman–Crippen MR) is 130 cm³/mol. The molecule has 0 bridgehead atoms. The normalized spacial score (nSPS) is 29.9. The van der Waals surface area contributed by atoms with Gasteiger partial charge in [-0.05, 0) is 54.9 Å². The van der Waals surface area contributed by atoms with E-state index in [4.69, 9.17) is 4.74 Å². The van der Waals surface area contributed by atoms with E-state index in [1.165, 1.54) is 25.1 Å². The van der Waals surface area contributed by atoms with Gasteiger partial charge in [-0.3, -0.25) is 4.79 Å². The predicted octanol–water partition coefficient (Wildman–Crippen LogP) is 3.34. The Labute approximate surface area is 205 Å². The summed E-state index contributed by atoms with van der Waals surface area (Å²) in [5.74, 6) is -0.110. The van der Waals surface area contributed by atoms with Gasteiger partial charge in [0.25, 0.3) is 0 Å². The zero-order valence-electron chi connectivity index (χ0n) is 19.9. The first-order chi connectivity index (χ1) is 16.7. The second kappa shape index (κ2) is 8.78. The second-order valence-corrected chi connectivity index (χ2v) is 12.2. The summed E-state index contributed by atoms with van der Waals surface area (Å²) in [7, 11) is -2.20. The number of carbonyl (C=O) groups excluding carboxylic acids is 1. The number of amides is 1. The summed E-state index contributed by atoms with van der Waals surface area (Å²) < 4.78 is 46.3. The molecule has 7 nitrogen and oxygen atoms in total. The second-order valence-electron chi connectivity index (χ2n) is 10.0. The fourth-order valence-electron chi connectivity index (χ4n) is 6.65. The number of piperidine rings is 1. The smallest absolute Gasteiger partial charge is 0.219 e. The first kappa shape index (κ1) is 24.1. The first-order valence-corrected chi connectivity index (χ1v) is 13.6. The molecule has 2 N–H and O–H groups in total. The van der Waals surface area contributed by atoms with Crippen LogP contribution < -0.4 is 10.1 Å². The number of hydrogen-bond donors (Lipinski definition) is 2. The van der Waals surface area contributed by atoms with Crippen LogP contribution >= 0.6 is 0 Å². The van der Waals surface area contributed by atoms with Crippen LogP contribution in [0.1, 0.15) is 44.1 Å². The summed E-state index contributed by atoms with van der Waals surface area (Å²) in [6.45, 7) is 1.80. The average molecular weight is 503 g/mol. The fourth-order valence-corrected chi connectivity index (χ4v) is 8.47. The van der Waals surface area contributed by atoms with Crippen LogP contribution in [0, 0.1) is 11.2 Å². The van der Waals surface area contributed by atoms with Crippen molar-refractivity contribution in [1.82, 2.24) is 4.90 Å². The van der Waals surface area contributed by atoms with Crippen molar-refractivity contribution < 1.29 is 27.4 Å². The van der Waals surface area contributed by atoms with Crippen molar-refractivity contribution in [2.45, 2.75) is 60.8 Å². The Hall–Kier alpha value is -2.65. The molecule has 9 heteroatoms. The van der Waals surface area contributed by atoms with E-state index >= 15 is 0 Å². The number of methoxy groups -OCH3 is 1. The van der Waals surface area contributed by atoms with Gasteiger partial charge in [-0.2, -0.15) is 0 Å². The lowest BCUT2D eigenvalue weighted by atomic mass is 9.59. The van der Waals surface area contributed by atoms with Gasteiger partial charge in [-0.25, -0.2) is 12.8 Å². The molecular weight excluding hydrogens is 471 g/mol. The third-order valence-electron chi connectivity index (χ3n) is 8.34. The van der Waals surface area contributed by atoms with Crippen LogP contribution in [0.15, 0.2) is 47.4 Å². The molecule has 2 aliphatic heterocycles. The first-order valence-electron chi connectivity index (χ1n) is 12.0. The van der Waals surface area contributed by atoms with Crippen LogP contribution in [-0.2, 0) is 14.6 Å². The Morgan fingerprint density at radius 2 is 1.94 bits per heavy atom. The van der Waals surface area contributed by atoms with Crippen LogP contribution in [-0.4, -0.2) is 61.9 Å². The molecule has 1 amide bonds. The zero-order chi connectivity index (χ0) is 25.0. The number of halogens is 1. The van der Waals surface area contributed by atoms with Gasteiger partial charge in [0, 0.05) is 31.1 Å². The molecule has 0 radical (unpaired) electrons. The van der Waals surface area contributed by atoms with Crippen LogP contribution in [0.3, 0.4) is 0 Å². The van der Waals surface area contributed by atoms with Crippen LogP contribution in [0.25, 0.3) is 0 Å². The summed E-state index contributed by atoms with van der Waals surface area (Å²) in [5, 5.41) is 13.1. The maximum absolute atomic E-state index is 14.3. The van der Waals surface area contributed by atoms with E-state index in [9.17, 15) is 22.7 Å². The Morgan fingerprint density at radius 3 is 2.57 bits per heavy atom. The van der Waals surface area contributed by atoms with E-state index < -0.39 is 20.9 Å². The molecule has 2 heterocycles. The number of sulfone groups is 1. The lowest BCUT2D eigenvalue weighted by molar-refractivity contribution is -0.140. The highest BCUT2D eigenvalue weighted by molar-refractivity contribution is 7.92. The van der Waals surface area contributed by atoms with E-state index in [0.29, 0.717) is 38.0 Å². The van der Waals surface area contributed by atoms with Gasteiger partial charge in [-0.15, -0.1) is 0 Å². The maximum Gasteiger partial charge on any atom is 0.219 e. The summed E-state index contributed by atoms with van der Waals surface area (Å²) in [4.78, 5) is 14.1. The average Bonchev–Trinajstić information content (AvgIpc) is 3.24. The molecule has 5 rings (SSSR count). The van der Waals surface area contributed by atoms with Crippen molar-refractivity contribution in [1.29, 1.82) is 0 Å². The summed E-state index contributed by atoms with van der Waals surface area (Å²) >= 11 is 0. The van der Waals surface area contributed by atoms with Gasteiger partial charge in [0.1, 0.15) is 16.5 Å². The molecular formula is C26H31FN2O5S. The standard InChI is InChI=1S/C26H31FN2O5S/c1-16(31)29-15-26(11-9-18(10-12-26)35(32,33)23-6-4-3-5-20(23)27)24-19-8-7-17(34-2)13-21(19)28-25(24)22(29)14-30/h3-8,13,18,22,24-25,28,30H,9-12,14-15H2,1-2H3. The lowest BCUT2D eigenvalue weighted by Gasteiger charge is -2.55. The molecule has 3 unspecified atom stereocenters. The Bertz CT molecular complexity index is 1240. The molecule has 1 saturated carbocycles. The molecule has 2 aromatic rings. The molecule has 2 fully saturated rings. The van der Waals surface area contributed by atoms with E-state index in [-0.39, 0.29) is 40.8 Å². The summed E-state index contributed by atoms with van der Waals surface area (Å²) in [6, 6.07) is 10.8. The minimum absolute atomic E-state index is 0.00766. The van der Waals surface area contributed by atoms with Crippen LogP contribution in [0.4, 0.5) is 10.1 Å². The summed E-state index contributed by atoms with van der Waals surface area (Å²) in [5.41, 5.74) is 1.67. The molecule has 188 valence electrons. The Kier molecular flexibility index (Phi) is 6.04. The zero-order valence-corrected chi connectivity index (χ0v) is 20.7. The maximum atomic E-state index is 14.3. The van der Waals surface area contributed by atoms with Crippen molar-refractivity contribution in [2.24, 2.45) is 5.41 Å².